The first-order valence-corrected chi connectivity index (χ1v) is 12.0. The van der Waals surface area contributed by atoms with E-state index in [1.54, 1.807) is 24.3 Å². The lowest BCUT2D eigenvalue weighted by molar-refractivity contribution is -0.117. The summed E-state index contributed by atoms with van der Waals surface area (Å²) in [6, 6.07) is 9.50. The summed E-state index contributed by atoms with van der Waals surface area (Å²) in [5.74, 6) is -2.20. The molecule has 0 spiro atoms. The number of anilines is 1. The number of carbonyl (C=O) groups is 2. The third kappa shape index (κ3) is 6.35. The molecule has 1 fully saturated rings. The number of nitrogens with one attached hydrogen (secondary N) is 4. The molecule has 0 radical (unpaired) electrons. The third-order valence-corrected chi connectivity index (χ3v) is 6.69. The highest BCUT2D eigenvalue weighted by atomic mass is 35.5. The molecule has 0 bridgehead atoms. The molecule has 0 aliphatic heterocycles. The minimum absolute atomic E-state index is 0.0919. The van der Waals surface area contributed by atoms with Crippen LogP contribution in [0.2, 0.25) is 15.1 Å². The van der Waals surface area contributed by atoms with Crippen molar-refractivity contribution >= 4 is 92.8 Å². The third-order valence-electron chi connectivity index (χ3n) is 4.77. The second kappa shape index (κ2) is 10.4. The fourth-order valence-electron chi connectivity index (χ4n) is 3.30. The van der Waals surface area contributed by atoms with Crippen molar-refractivity contribution in [3.8, 4) is 0 Å². The standard InChI is InChI=1S/C21H19Cl5N4O2S/c1-9(2)27-20(33)30-29-18(31)14-8-13(3-4-15(14)24)28-19(32)17-16(21(17,25)26)10-5-11(22)7-12(23)6-10/h3-9,16-17H,1-2H3,(H,28,32)(H,29,31)(H2,27,30,33)/t16-,17+/m0/s1. The summed E-state index contributed by atoms with van der Waals surface area (Å²) in [5.41, 5.74) is 6.18. The van der Waals surface area contributed by atoms with Crippen molar-refractivity contribution < 1.29 is 9.59 Å². The van der Waals surface area contributed by atoms with Gasteiger partial charge in [-0.3, -0.25) is 20.4 Å². The topological polar surface area (TPSA) is 82.3 Å². The van der Waals surface area contributed by atoms with E-state index >= 15 is 0 Å². The number of carbonyl (C=O) groups excluding carboxylic acids is 2. The molecule has 3 rings (SSSR count). The number of benzene rings is 2. The largest absolute Gasteiger partial charge is 0.359 e. The van der Waals surface area contributed by atoms with Gasteiger partial charge in [-0.1, -0.05) is 34.8 Å². The van der Waals surface area contributed by atoms with Gasteiger partial charge in [0.05, 0.1) is 16.5 Å². The summed E-state index contributed by atoms with van der Waals surface area (Å²) in [4.78, 5) is 25.4. The number of hydrazine groups is 1. The van der Waals surface area contributed by atoms with E-state index in [-0.39, 0.29) is 21.7 Å². The molecule has 0 heterocycles. The Balaban J connectivity index is 1.70. The molecule has 2 aromatic rings. The Hall–Kier alpha value is -1.48. The van der Waals surface area contributed by atoms with Gasteiger partial charge in [0.1, 0.15) is 4.33 Å². The smallest absolute Gasteiger partial charge is 0.271 e. The summed E-state index contributed by atoms with van der Waals surface area (Å²) in [6.45, 7) is 3.81. The van der Waals surface area contributed by atoms with E-state index in [4.69, 9.17) is 70.2 Å². The van der Waals surface area contributed by atoms with Crippen LogP contribution in [-0.4, -0.2) is 27.3 Å². The van der Waals surface area contributed by atoms with Crippen molar-refractivity contribution in [3.63, 3.8) is 0 Å². The van der Waals surface area contributed by atoms with E-state index in [0.717, 1.165) is 0 Å². The zero-order valence-electron chi connectivity index (χ0n) is 17.3. The van der Waals surface area contributed by atoms with Crippen LogP contribution in [0.15, 0.2) is 36.4 Å². The molecule has 0 saturated heterocycles. The van der Waals surface area contributed by atoms with Gasteiger partial charge in [0, 0.05) is 27.7 Å². The van der Waals surface area contributed by atoms with Crippen LogP contribution in [0, 0.1) is 5.92 Å². The zero-order chi connectivity index (χ0) is 24.5. The molecule has 33 heavy (non-hydrogen) atoms. The Morgan fingerprint density at radius 3 is 2.24 bits per heavy atom. The lowest BCUT2D eigenvalue weighted by Crippen LogP contribution is -2.48. The maximum absolute atomic E-state index is 12.9. The summed E-state index contributed by atoms with van der Waals surface area (Å²) in [6.07, 6.45) is 0. The van der Waals surface area contributed by atoms with Crippen LogP contribution in [0.1, 0.15) is 35.7 Å². The molecule has 4 N–H and O–H groups in total. The molecule has 1 aliphatic carbocycles. The molecule has 1 saturated carbocycles. The number of rotatable bonds is 5. The average Bonchev–Trinajstić information content (AvgIpc) is 3.28. The average molecular weight is 569 g/mol. The van der Waals surface area contributed by atoms with Crippen molar-refractivity contribution in [2.75, 3.05) is 5.32 Å². The Labute approximate surface area is 221 Å². The van der Waals surface area contributed by atoms with E-state index in [1.165, 1.54) is 12.1 Å². The second-order valence-corrected chi connectivity index (χ2v) is 10.9. The molecule has 6 nitrogen and oxygen atoms in total. The summed E-state index contributed by atoms with van der Waals surface area (Å²) in [7, 11) is 0. The molecule has 176 valence electrons. The normalized spacial score (nSPS) is 18.4. The predicted octanol–water partition coefficient (Wildman–Crippen LogP) is 5.69. The van der Waals surface area contributed by atoms with E-state index in [2.05, 4.69) is 21.5 Å². The highest BCUT2D eigenvalue weighted by Crippen LogP contribution is 2.65. The number of amides is 2. The number of alkyl halides is 2. The van der Waals surface area contributed by atoms with Gasteiger partial charge in [0.15, 0.2) is 5.11 Å². The molecule has 2 atom stereocenters. The molecular formula is C21H19Cl5N4O2S. The van der Waals surface area contributed by atoms with Crippen LogP contribution in [0.25, 0.3) is 0 Å². The molecule has 0 unspecified atom stereocenters. The summed E-state index contributed by atoms with van der Waals surface area (Å²) >= 11 is 36.2. The SMILES string of the molecule is CC(C)NC(=S)NNC(=O)c1cc(NC(=O)[C@H]2[C@H](c3cc(Cl)cc(Cl)c3)C2(Cl)Cl)ccc1Cl. The lowest BCUT2D eigenvalue weighted by Gasteiger charge is -2.14. The maximum Gasteiger partial charge on any atom is 0.271 e. The molecule has 2 amide bonds. The van der Waals surface area contributed by atoms with Crippen LogP contribution in [-0.2, 0) is 4.79 Å². The van der Waals surface area contributed by atoms with Crippen LogP contribution in [0.3, 0.4) is 0 Å². The van der Waals surface area contributed by atoms with Crippen molar-refractivity contribution in [2.45, 2.75) is 30.1 Å². The fourth-order valence-corrected chi connectivity index (χ4v) is 5.16. The molecule has 1 aliphatic rings. The second-order valence-electron chi connectivity index (χ2n) is 7.72. The van der Waals surface area contributed by atoms with Crippen molar-refractivity contribution in [1.82, 2.24) is 16.2 Å². The fraction of sp³-hybridized carbons (Fsp3) is 0.286. The van der Waals surface area contributed by atoms with Crippen molar-refractivity contribution in [2.24, 2.45) is 5.92 Å². The van der Waals surface area contributed by atoms with Gasteiger partial charge in [0.2, 0.25) is 5.91 Å². The van der Waals surface area contributed by atoms with Gasteiger partial charge in [0.25, 0.3) is 5.91 Å². The van der Waals surface area contributed by atoms with Gasteiger partial charge >= 0.3 is 0 Å². The Morgan fingerprint density at radius 2 is 1.64 bits per heavy atom. The van der Waals surface area contributed by atoms with Gasteiger partial charge in [-0.05, 0) is 68.0 Å². The highest BCUT2D eigenvalue weighted by Gasteiger charge is 2.67. The molecular weight excluding hydrogens is 550 g/mol. The number of thiocarbonyl (C=S) groups is 1. The van der Waals surface area contributed by atoms with Crippen LogP contribution >= 0.6 is 70.2 Å². The predicted molar refractivity (Wildman–Crippen MR) is 139 cm³/mol. The van der Waals surface area contributed by atoms with Gasteiger partial charge in [-0.15, -0.1) is 23.2 Å². The Kier molecular flexibility index (Phi) is 8.25. The Morgan fingerprint density at radius 1 is 1.00 bits per heavy atom. The number of hydrogen-bond donors (Lipinski definition) is 4. The van der Waals surface area contributed by atoms with E-state index < -0.39 is 28.0 Å². The monoisotopic (exact) mass is 566 g/mol. The molecule has 12 heteroatoms. The highest BCUT2D eigenvalue weighted by molar-refractivity contribution is 7.80. The number of hydrogen-bond acceptors (Lipinski definition) is 3. The summed E-state index contributed by atoms with van der Waals surface area (Å²) in [5, 5.41) is 6.93. The van der Waals surface area contributed by atoms with Crippen molar-refractivity contribution in [3.05, 3.63) is 62.6 Å². The van der Waals surface area contributed by atoms with E-state index in [9.17, 15) is 9.59 Å². The van der Waals surface area contributed by atoms with E-state index in [1.807, 2.05) is 13.8 Å². The first-order chi connectivity index (χ1) is 15.4. The van der Waals surface area contributed by atoms with Gasteiger partial charge in [-0.2, -0.15) is 0 Å². The maximum atomic E-state index is 12.9. The quantitative estimate of drug-likeness (QED) is 0.212. The van der Waals surface area contributed by atoms with Crippen molar-refractivity contribution in [1.29, 1.82) is 0 Å². The number of halogens is 5. The van der Waals surface area contributed by atoms with Crippen LogP contribution in [0.4, 0.5) is 5.69 Å². The first kappa shape index (κ1) is 26.1. The first-order valence-electron chi connectivity index (χ1n) is 9.71. The minimum atomic E-state index is -1.33. The summed E-state index contributed by atoms with van der Waals surface area (Å²) < 4.78 is -1.33. The van der Waals surface area contributed by atoms with Gasteiger partial charge in [-0.25, -0.2) is 0 Å². The van der Waals surface area contributed by atoms with E-state index in [0.29, 0.717) is 21.3 Å². The lowest BCUT2D eigenvalue weighted by atomic mass is 10.1. The molecule has 2 aromatic carbocycles. The van der Waals surface area contributed by atoms with Crippen LogP contribution < -0.4 is 21.5 Å². The van der Waals surface area contributed by atoms with Crippen LogP contribution in [0.5, 0.6) is 0 Å². The molecule has 0 aromatic heterocycles. The zero-order valence-corrected chi connectivity index (χ0v) is 21.9. The Bertz CT molecular complexity index is 1090. The minimum Gasteiger partial charge on any atom is -0.359 e. The van der Waals surface area contributed by atoms with Gasteiger partial charge < -0.3 is 10.6 Å².